The number of hydrogen-bond donors (Lipinski definition) is 2. The maximum Gasteiger partial charge on any atom is 0.248 e. The van der Waals surface area contributed by atoms with Crippen LogP contribution < -0.4 is 11.5 Å². The lowest BCUT2D eigenvalue weighted by Crippen LogP contribution is -2.10. The summed E-state index contributed by atoms with van der Waals surface area (Å²) in [6.07, 6.45) is 1.00. The molecule has 0 heterocycles. The molecule has 3 nitrogen and oxygen atoms in total. The molecule has 0 saturated heterocycles. The Kier molecular flexibility index (Phi) is 5.66. The summed E-state index contributed by atoms with van der Waals surface area (Å²) in [5, 5.41) is 0.594. The fourth-order valence-corrected chi connectivity index (χ4v) is 2.50. The summed E-state index contributed by atoms with van der Waals surface area (Å²) in [6.45, 7) is 0.710. The number of thioether (sulfide) groups is 1. The van der Waals surface area contributed by atoms with Gasteiger partial charge in [-0.1, -0.05) is 17.7 Å². The molecule has 0 atom stereocenters. The van der Waals surface area contributed by atoms with E-state index in [0.29, 0.717) is 17.1 Å². The van der Waals surface area contributed by atoms with Crippen LogP contribution in [-0.2, 0) is 5.75 Å². The molecule has 88 valence electrons. The molecule has 0 spiro atoms. The van der Waals surface area contributed by atoms with E-state index < -0.39 is 5.91 Å². The third-order valence-electron chi connectivity index (χ3n) is 2.09. The molecule has 1 aromatic rings. The van der Waals surface area contributed by atoms with Crippen LogP contribution in [0.4, 0.5) is 0 Å². The standard InChI is InChI=1S/C11H15ClN2OS/c12-10-6-8(11(14)15)2-3-9(10)7-16-5-1-4-13/h2-3,6H,1,4-5,7,13H2,(H2,14,15). The summed E-state index contributed by atoms with van der Waals surface area (Å²) >= 11 is 7.82. The van der Waals surface area contributed by atoms with E-state index in [1.54, 1.807) is 23.9 Å². The molecule has 1 amide bonds. The summed E-state index contributed by atoms with van der Waals surface area (Å²) in [5.74, 6) is 1.40. The molecule has 4 N–H and O–H groups in total. The number of hydrogen-bond acceptors (Lipinski definition) is 3. The molecule has 0 unspecified atom stereocenters. The van der Waals surface area contributed by atoms with Crippen molar-refractivity contribution >= 4 is 29.3 Å². The van der Waals surface area contributed by atoms with E-state index in [0.717, 1.165) is 23.5 Å². The van der Waals surface area contributed by atoms with Gasteiger partial charge in [-0.25, -0.2) is 0 Å². The van der Waals surface area contributed by atoms with Crippen LogP contribution in [0.15, 0.2) is 18.2 Å². The molecule has 0 fully saturated rings. The quantitative estimate of drug-likeness (QED) is 0.767. The van der Waals surface area contributed by atoms with Crippen molar-refractivity contribution in [2.24, 2.45) is 11.5 Å². The lowest BCUT2D eigenvalue weighted by Gasteiger charge is -2.05. The zero-order valence-corrected chi connectivity index (χ0v) is 10.5. The topological polar surface area (TPSA) is 69.1 Å². The van der Waals surface area contributed by atoms with Crippen molar-refractivity contribution in [3.05, 3.63) is 34.3 Å². The van der Waals surface area contributed by atoms with Crippen molar-refractivity contribution in [1.29, 1.82) is 0 Å². The Bertz CT molecular complexity index is 371. The predicted octanol–water partition coefficient (Wildman–Crippen LogP) is 2.02. The minimum Gasteiger partial charge on any atom is -0.366 e. The van der Waals surface area contributed by atoms with Crippen molar-refractivity contribution in [2.45, 2.75) is 12.2 Å². The number of halogens is 1. The summed E-state index contributed by atoms with van der Waals surface area (Å²) in [6, 6.07) is 5.16. The van der Waals surface area contributed by atoms with Crippen LogP contribution in [0, 0.1) is 0 Å². The first-order valence-electron chi connectivity index (χ1n) is 5.01. The number of benzene rings is 1. The highest BCUT2D eigenvalue weighted by atomic mass is 35.5. The molecule has 1 aromatic carbocycles. The molecule has 0 bridgehead atoms. The molecule has 0 aliphatic carbocycles. The van der Waals surface area contributed by atoms with Gasteiger partial charge >= 0.3 is 0 Å². The predicted molar refractivity (Wildman–Crippen MR) is 69.8 cm³/mol. The lowest BCUT2D eigenvalue weighted by molar-refractivity contribution is 0.100. The van der Waals surface area contributed by atoms with Gasteiger partial charge in [-0.2, -0.15) is 11.8 Å². The molecule has 0 radical (unpaired) electrons. The zero-order chi connectivity index (χ0) is 12.0. The highest BCUT2D eigenvalue weighted by molar-refractivity contribution is 7.98. The van der Waals surface area contributed by atoms with Crippen molar-refractivity contribution < 1.29 is 4.79 Å². The first kappa shape index (κ1) is 13.4. The molecule has 0 aliphatic heterocycles. The zero-order valence-electron chi connectivity index (χ0n) is 8.91. The van der Waals surface area contributed by atoms with E-state index in [4.69, 9.17) is 23.1 Å². The van der Waals surface area contributed by atoms with Crippen LogP contribution in [0.3, 0.4) is 0 Å². The third-order valence-corrected chi connectivity index (χ3v) is 3.53. The Labute approximate surface area is 105 Å². The Morgan fingerprint density at radius 2 is 2.19 bits per heavy atom. The number of nitrogens with two attached hydrogens (primary N) is 2. The van der Waals surface area contributed by atoms with Crippen molar-refractivity contribution in [3.63, 3.8) is 0 Å². The molecule has 5 heteroatoms. The second-order valence-electron chi connectivity index (χ2n) is 3.37. The molecule has 16 heavy (non-hydrogen) atoms. The molecule has 0 saturated carbocycles. The Morgan fingerprint density at radius 1 is 1.44 bits per heavy atom. The molecule has 0 aromatic heterocycles. The Morgan fingerprint density at radius 3 is 2.75 bits per heavy atom. The minimum atomic E-state index is -0.454. The second kappa shape index (κ2) is 6.78. The third kappa shape index (κ3) is 4.04. The van der Waals surface area contributed by atoms with Crippen molar-refractivity contribution in [3.8, 4) is 0 Å². The van der Waals surface area contributed by atoms with Crippen LogP contribution >= 0.6 is 23.4 Å². The lowest BCUT2D eigenvalue weighted by atomic mass is 10.1. The van der Waals surface area contributed by atoms with Gasteiger partial charge in [-0.3, -0.25) is 4.79 Å². The molecular weight excluding hydrogens is 244 g/mol. The smallest absolute Gasteiger partial charge is 0.248 e. The van der Waals surface area contributed by atoms with Crippen LogP contribution in [0.1, 0.15) is 22.3 Å². The van der Waals surface area contributed by atoms with Crippen molar-refractivity contribution in [1.82, 2.24) is 0 Å². The van der Waals surface area contributed by atoms with Crippen LogP contribution in [0.2, 0.25) is 5.02 Å². The fraction of sp³-hybridized carbons (Fsp3) is 0.364. The van der Waals surface area contributed by atoms with Gasteiger partial charge in [0.2, 0.25) is 5.91 Å². The van der Waals surface area contributed by atoms with E-state index in [1.807, 2.05) is 6.07 Å². The fourth-order valence-electron chi connectivity index (χ4n) is 1.19. The van der Waals surface area contributed by atoms with Crippen LogP contribution in [-0.4, -0.2) is 18.2 Å². The van der Waals surface area contributed by atoms with E-state index in [1.165, 1.54) is 0 Å². The highest BCUT2D eigenvalue weighted by Crippen LogP contribution is 2.22. The first-order chi connectivity index (χ1) is 7.65. The molecule has 1 rings (SSSR count). The largest absolute Gasteiger partial charge is 0.366 e. The number of primary amides is 1. The Balaban J connectivity index is 2.57. The minimum absolute atomic E-state index is 0.445. The second-order valence-corrected chi connectivity index (χ2v) is 4.88. The Hall–Kier alpha value is -0.710. The number of rotatable bonds is 6. The molecular formula is C11H15ClN2OS. The van der Waals surface area contributed by atoms with Crippen LogP contribution in [0.5, 0.6) is 0 Å². The van der Waals surface area contributed by atoms with Crippen molar-refractivity contribution in [2.75, 3.05) is 12.3 Å². The van der Waals surface area contributed by atoms with Gasteiger partial charge in [-0.15, -0.1) is 0 Å². The average molecular weight is 259 g/mol. The van der Waals surface area contributed by atoms with E-state index in [2.05, 4.69) is 0 Å². The van der Waals surface area contributed by atoms with Gasteiger partial charge in [0.25, 0.3) is 0 Å². The van der Waals surface area contributed by atoms with E-state index in [-0.39, 0.29) is 0 Å². The van der Waals surface area contributed by atoms with Gasteiger partial charge in [0.05, 0.1) is 0 Å². The van der Waals surface area contributed by atoms with Gasteiger partial charge in [0.15, 0.2) is 0 Å². The monoisotopic (exact) mass is 258 g/mol. The van der Waals surface area contributed by atoms with Gasteiger partial charge in [0, 0.05) is 16.3 Å². The first-order valence-corrected chi connectivity index (χ1v) is 6.54. The number of carbonyl (C=O) groups excluding carboxylic acids is 1. The van der Waals surface area contributed by atoms with Crippen LogP contribution in [0.25, 0.3) is 0 Å². The van der Waals surface area contributed by atoms with Gasteiger partial charge < -0.3 is 11.5 Å². The van der Waals surface area contributed by atoms with Gasteiger partial charge in [-0.05, 0) is 36.4 Å². The average Bonchev–Trinajstić information content (AvgIpc) is 2.26. The summed E-state index contributed by atoms with van der Waals surface area (Å²) in [4.78, 5) is 10.9. The summed E-state index contributed by atoms with van der Waals surface area (Å²) < 4.78 is 0. The van der Waals surface area contributed by atoms with Gasteiger partial charge in [0.1, 0.15) is 0 Å². The normalized spacial score (nSPS) is 10.4. The van der Waals surface area contributed by atoms with E-state index in [9.17, 15) is 4.79 Å². The SMILES string of the molecule is NCCCSCc1ccc(C(N)=O)cc1Cl. The number of amides is 1. The summed E-state index contributed by atoms with van der Waals surface area (Å²) in [5.41, 5.74) is 12.0. The maximum atomic E-state index is 10.9. The highest BCUT2D eigenvalue weighted by Gasteiger charge is 2.05. The van der Waals surface area contributed by atoms with E-state index >= 15 is 0 Å². The maximum absolute atomic E-state index is 10.9. The summed E-state index contributed by atoms with van der Waals surface area (Å²) in [7, 11) is 0. The number of carbonyl (C=O) groups is 1. The molecule has 0 aliphatic rings.